The molecule has 0 saturated carbocycles. The Labute approximate surface area is 138 Å². The predicted molar refractivity (Wildman–Crippen MR) is 94.8 cm³/mol. The van der Waals surface area contributed by atoms with Crippen LogP contribution >= 0.6 is 11.8 Å². The van der Waals surface area contributed by atoms with Gasteiger partial charge >= 0.3 is 0 Å². The third-order valence-electron chi connectivity index (χ3n) is 4.28. The molecule has 0 bridgehead atoms. The van der Waals surface area contributed by atoms with Crippen LogP contribution in [0, 0.1) is 6.92 Å². The number of aromatic nitrogens is 2. The van der Waals surface area contributed by atoms with E-state index in [0.717, 1.165) is 17.1 Å². The SMILES string of the molecule is Cc1nn(C)c2c1C(c1cccc3ccccc13)SCC(=O)N2. The van der Waals surface area contributed by atoms with Crippen LogP contribution in [0.4, 0.5) is 5.82 Å². The zero-order valence-electron chi connectivity index (χ0n) is 13.0. The van der Waals surface area contributed by atoms with Crippen molar-refractivity contribution in [2.24, 2.45) is 7.05 Å². The molecule has 0 saturated heterocycles. The van der Waals surface area contributed by atoms with E-state index in [-0.39, 0.29) is 11.2 Å². The highest BCUT2D eigenvalue weighted by atomic mass is 32.2. The zero-order chi connectivity index (χ0) is 16.0. The van der Waals surface area contributed by atoms with Crippen molar-refractivity contribution in [3.05, 3.63) is 59.3 Å². The quantitative estimate of drug-likeness (QED) is 0.743. The summed E-state index contributed by atoms with van der Waals surface area (Å²) in [7, 11) is 1.88. The maximum absolute atomic E-state index is 12.1. The van der Waals surface area contributed by atoms with E-state index in [1.54, 1.807) is 16.4 Å². The average molecular weight is 323 g/mol. The van der Waals surface area contributed by atoms with Gasteiger partial charge in [0.25, 0.3) is 0 Å². The van der Waals surface area contributed by atoms with Crippen LogP contribution in [0.15, 0.2) is 42.5 Å². The molecule has 1 N–H and O–H groups in total. The van der Waals surface area contributed by atoms with Crippen LogP contribution in [0.1, 0.15) is 22.1 Å². The first kappa shape index (κ1) is 14.3. The van der Waals surface area contributed by atoms with Crippen molar-refractivity contribution in [1.82, 2.24) is 9.78 Å². The van der Waals surface area contributed by atoms with Crippen LogP contribution in [0.3, 0.4) is 0 Å². The van der Waals surface area contributed by atoms with Crippen LogP contribution < -0.4 is 5.32 Å². The van der Waals surface area contributed by atoms with Crippen molar-refractivity contribution in [3.63, 3.8) is 0 Å². The van der Waals surface area contributed by atoms with Crippen LogP contribution in [-0.4, -0.2) is 21.4 Å². The second-order valence-electron chi connectivity index (χ2n) is 5.78. The van der Waals surface area contributed by atoms with Gasteiger partial charge in [0.1, 0.15) is 5.82 Å². The van der Waals surface area contributed by atoms with Crippen molar-refractivity contribution in [1.29, 1.82) is 0 Å². The lowest BCUT2D eigenvalue weighted by molar-refractivity contribution is -0.113. The highest BCUT2D eigenvalue weighted by molar-refractivity contribution is 8.00. The number of amides is 1. The van der Waals surface area contributed by atoms with E-state index in [1.807, 2.05) is 14.0 Å². The summed E-state index contributed by atoms with van der Waals surface area (Å²) in [6, 6.07) is 14.8. The van der Waals surface area contributed by atoms with E-state index in [1.165, 1.54) is 16.3 Å². The van der Waals surface area contributed by atoms with Crippen molar-refractivity contribution < 1.29 is 4.79 Å². The van der Waals surface area contributed by atoms with Crippen molar-refractivity contribution in [3.8, 4) is 0 Å². The number of carbonyl (C=O) groups excluding carboxylic acids is 1. The lowest BCUT2D eigenvalue weighted by Gasteiger charge is -2.17. The van der Waals surface area contributed by atoms with Crippen LogP contribution in [0.2, 0.25) is 0 Å². The van der Waals surface area contributed by atoms with Crippen LogP contribution in [0.25, 0.3) is 10.8 Å². The molecule has 1 atom stereocenters. The number of anilines is 1. The van der Waals surface area contributed by atoms with Gasteiger partial charge in [0.15, 0.2) is 0 Å². The molecule has 4 nitrogen and oxygen atoms in total. The lowest BCUT2D eigenvalue weighted by atomic mass is 9.98. The first-order valence-electron chi connectivity index (χ1n) is 7.58. The van der Waals surface area contributed by atoms with E-state index in [2.05, 4.69) is 52.9 Å². The topological polar surface area (TPSA) is 46.9 Å². The molecular formula is C18H17N3OS. The molecule has 1 aliphatic heterocycles. The summed E-state index contributed by atoms with van der Waals surface area (Å²) in [4.78, 5) is 12.1. The summed E-state index contributed by atoms with van der Waals surface area (Å²) >= 11 is 1.66. The van der Waals surface area contributed by atoms with Crippen molar-refractivity contribution in [2.45, 2.75) is 12.2 Å². The van der Waals surface area contributed by atoms with E-state index in [9.17, 15) is 4.79 Å². The monoisotopic (exact) mass is 323 g/mol. The number of fused-ring (bicyclic) bond motifs is 2. The molecule has 116 valence electrons. The number of carbonyl (C=O) groups is 1. The Morgan fingerprint density at radius 3 is 2.87 bits per heavy atom. The Morgan fingerprint density at radius 1 is 1.22 bits per heavy atom. The number of hydrogen-bond donors (Lipinski definition) is 1. The number of rotatable bonds is 1. The maximum Gasteiger partial charge on any atom is 0.235 e. The number of nitrogens with zero attached hydrogens (tertiary/aromatic N) is 2. The normalized spacial score (nSPS) is 17.7. The van der Waals surface area contributed by atoms with Gasteiger partial charge in [-0.1, -0.05) is 42.5 Å². The van der Waals surface area contributed by atoms with Gasteiger partial charge < -0.3 is 5.32 Å². The molecule has 1 amide bonds. The molecule has 1 aromatic heterocycles. The fourth-order valence-corrected chi connectivity index (χ4v) is 4.50. The lowest BCUT2D eigenvalue weighted by Crippen LogP contribution is -2.15. The van der Waals surface area contributed by atoms with Gasteiger partial charge in [-0.15, -0.1) is 11.8 Å². The first-order chi connectivity index (χ1) is 11.1. The van der Waals surface area contributed by atoms with Crippen molar-refractivity contribution >= 4 is 34.3 Å². The Hall–Kier alpha value is -2.27. The Bertz CT molecular complexity index is 911. The second kappa shape index (κ2) is 5.42. The number of aryl methyl sites for hydroxylation is 2. The molecule has 0 radical (unpaired) electrons. The molecular weight excluding hydrogens is 306 g/mol. The van der Waals surface area contributed by atoms with Gasteiger partial charge in [0, 0.05) is 12.6 Å². The Kier molecular flexibility index (Phi) is 3.38. The molecule has 3 aromatic rings. The molecule has 0 aliphatic carbocycles. The average Bonchev–Trinajstić information content (AvgIpc) is 2.72. The fraction of sp³-hybridized carbons (Fsp3) is 0.222. The molecule has 23 heavy (non-hydrogen) atoms. The third-order valence-corrected chi connectivity index (χ3v) is 5.53. The number of nitrogens with one attached hydrogen (secondary N) is 1. The smallest absolute Gasteiger partial charge is 0.235 e. The summed E-state index contributed by atoms with van der Waals surface area (Å²) < 4.78 is 1.77. The standard InChI is InChI=1S/C18H17N3OS/c1-11-16-17(23-10-15(22)19-18(16)21(2)20-11)14-9-5-7-12-6-3-4-8-13(12)14/h3-9,17H,10H2,1-2H3,(H,19,22). The maximum atomic E-state index is 12.1. The molecule has 2 aromatic carbocycles. The number of thioether (sulfide) groups is 1. The molecule has 2 heterocycles. The summed E-state index contributed by atoms with van der Waals surface area (Å²) in [6.45, 7) is 2.01. The highest BCUT2D eigenvalue weighted by Gasteiger charge is 2.30. The van der Waals surface area contributed by atoms with E-state index in [0.29, 0.717) is 5.75 Å². The first-order valence-corrected chi connectivity index (χ1v) is 8.62. The van der Waals surface area contributed by atoms with Gasteiger partial charge in [-0.25, -0.2) is 0 Å². The minimum absolute atomic E-state index is 0.0296. The zero-order valence-corrected chi connectivity index (χ0v) is 13.9. The van der Waals surface area contributed by atoms with Gasteiger partial charge in [-0.2, -0.15) is 5.10 Å². The van der Waals surface area contributed by atoms with Gasteiger partial charge in [-0.05, 0) is 23.3 Å². The van der Waals surface area contributed by atoms with E-state index < -0.39 is 0 Å². The summed E-state index contributed by atoms with van der Waals surface area (Å²) in [5, 5.41) is 10.1. The molecule has 4 rings (SSSR count). The minimum Gasteiger partial charge on any atom is -0.310 e. The van der Waals surface area contributed by atoms with E-state index >= 15 is 0 Å². The summed E-state index contributed by atoms with van der Waals surface area (Å²) in [5.41, 5.74) is 3.32. The summed E-state index contributed by atoms with van der Waals surface area (Å²) in [5.74, 6) is 1.29. The number of hydrogen-bond acceptors (Lipinski definition) is 3. The van der Waals surface area contributed by atoms with Crippen LogP contribution in [0.5, 0.6) is 0 Å². The van der Waals surface area contributed by atoms with Gasteiger partial charge in [-0.3, -0.25) is 9.48 Å². The minimum atomic E-state index is 0.0296. The molecule has 0 fully saturated rings. The molecule has 5 heteroatoms. The Morgan fingerprint density at radius 2 is 2.00 bits per heavy atom. The largest absolute Gasteiger partial charge is 0.310 e. The third kappa shape index (κ3) is 2.32. The van der Waals surface area contributed by atoms with E-state index in [4.69, 9.17) is 0 Å². The molecule has 1 unspecified atom stereocenters. The molecule has 1 aliphatic rings. The van der Waals surface area contributed by atoms with Gasteiger partial charge in [0.05, 0.1) is 16.7 Å². The predicted octanol–water partition coefficient (Wildman–Crippen LogP) is 3.66. The van der Waals surface area contributed by atoms with Crippen LogP contribution in [-0.2, 0) is 11.8 Å². The Balaban J connectivity index is 1.96. The second-order valence-corrected chi connectivity index (χ2v) is 6.87. The highest BCUT2D eigenvalue weighted by Crippen LogP contribution is 2.44. The van der Waals surface area contributed by atoms with Crippen molar-refractivity contribution in [2.75, 3.05) is 11.1 Å². The number of benzene rings is 2. The fourth-order valence-electron chi connectivity index (χ4n) is 3.27. The van der Waals surface area contributed by atoms with Gasteiger partial charge in [0.2, 0.25) is 5.91 Å². The summed E-state index contributed by atoms with van der Waals surface area (Å²) in [6.07, 6.45) is 0. The molecule has 0 spiro atoms.